The van der Waals surface area contributed by atoms with Crippen molar-refractivity contribution < 1.29 is 28.2 Å². The van der Waals surface area contributed by atoms with Crippen LogP contribution in [0.2, 0.25) is 0 Å². The van der Waals surface area contributed by atoms with Gasteiger partial charge >= 0.3 is 12.1 Å². The molecule has 5 nitrogen and oxygen atoms in total. The molecule has 0 unspecified atom stereocenters. The first kappa shape index (κ1) is 18.4. The Morgan fingerprint density at radius 2 is 1.91 bits per heavy atom. The third-order valence-electron chi connectivity index (χ3n) is 2.43. The van der Waals surface area contributed by atoms with Gasteiger partial charge in [-0.2, -0.15) is 0 Å². The Balaban J connectivity index is 2.59. The number of alkyl carbamates (subject to hydrolysis) is 1. The van der Waals surface area contributed by atoms with Gasteiger partial charge in [-0.15, -0.1) is 0 Å². The zero-order valence-electron chi connectivity index (χ0n) is 13.0. The van der Waals surface area contributed by atoms with Crippen molar-refractivity contribution in [3.05, 3.63) is 34.9 Å². The molecule has 2 N–H and O–H groups in total. The number of rotatable bonds is 3. The fraction of sp³-hybridized carbons (Fsp3) is 0.375. The van der Waals surface area contributed by atoms with Gasteiger partial charge in [0.1, 0.15) is 17.2 Å². The molecule has 0 aromatic heterocycles. The summed E-state index contributed by atoms with van der Waals surface area (Å²) in [5, 5.41) is 11.1. The Hall–Kier alpha value is -2.62. The van der Waals surface area contributed by atoms with Crippen molar-refractivity contribution in [2.24, 2.45) is 0 Å². The third-order valence-corrected chi connectivity index (χ3v) is 2.43. The molecular formula is C16H17F2NO4. The van der Waals surface area contributed by atoms with Crippen LogP contribution in [0.25, 0.3) is 0 Å². The van der Waals surface area contributed by atoms with Crippen LogP contribution in [-0.4, -0.2) is 29.3 Å². The lowest BCUT2D eigenvalue weighted by atomic mass is 10.1. The van der Waals surface area contributed by atoms with Gasteiger partial charge in [-0.25, -0.2) is 18.4 Å². The minimum atomic E-state index is -1.55. The van der Waals surface area contributed by atoms with Crippen LogP contribution in [0, 0.1) is 23.5 Å². The number of carbonyl (C=O) groups is 2. The first-order valence-corrected chi connectivity index (χ1v) is 6.78. The van der Waals surface area contributed by atoms with Gasteiger partial charge in [0, 0.05) is 13.0 Å². The number of halogens is 2. The summed E-state index contributed by atoms with van der Waals surface area (Å²) < 4.78 is 32.0. The number of benzene rings is 1. The number of hydrogen-bond acceptors (Lipinski definition) is 3. The molecule has 0 saturated carbocycles. The Morgan fingerprint density at radius 3 is 2.48 bits per heavy atom. The Bertz CT molecular complexity index is 669. The summed E-state index contributed by atoms with van der Waals surface area (Å²) in [6.45, 7) is 5.36. The van der Waals surface area contributed by atoms with E-state index in [0.29, 0.717) is 6.07 Å². The zero-order valence-corrected chi connectivity index (χ0v) is 13.0. The lowest BCUT2D eigenvalue weighted by molar-refractivity contribution is 0.0528. The molecular weight excluding hydrogens is 308 g/mol. The van der Waals surface area contributed by atoms with Crippen molar-refractivity contribution in [3.8, 4) is 11.8 Å². The molecule has 1 amide bonds. The molecule has 124 valence electrons. The highest BCUT2D eigenvalue weighted by Crippen LogP contribution is 2.14. The van der Waals surface area contributed by atoms with Crippen LogP contribution in [-0.2, 0) is 4.74 Å². The number of aromatic carboxylic acids is 1. The van der Waals surface area contributed by atoms with Gasteiger partial charge in [0.2, 0.25) is 0 Å². The quantitative estimate of drug-likeness (QED) is 0.662. The highest BCUT2D eigenvalue weighted by atomic mass is 19.1. The fourth-order valence-electron chi connectivity index (χ4n) is 1.51. The molecule has 23 heavy (non-hydrogen) atoms. The van der Waals surface area contributed by atoms with E-state index in [-0.39, 0.29) is 18.5 Å². The van der Waals surface area contributed by atoms with E-state index < -0.39 is 34.9 Å². The minimum absolute atomic E-state index is 0.180. The number of nitrogens with one attached hydrogen (secondary N) is 1. The van der Waals surface area contributed by atoms with Crippen LogP contribution < -0.4 is 5.32 Å². The van der Waals surface area contributed by atoms with Crippen molar-refractivity contribution in [2.45, 2.75) is 32.8 Å². The van der Waals surface area contributed by atoms with E-state index in [0.717, 1.165) is 6.07 Å². The summed E-state index contributed by atoms with van der Waals surface area (Å²) in [7, 11) is 0. The second kappa shape index (κ2) is 7.58. The topological polar surface area (TPSA) is 75.6 Å². The van der Waals surface area contributed by atoms with E-state index >= 15 is 0 Å². The molecule has 1 rings (SSSR count). The molecule has 0 bridgehead atoms. The molecule has 1 aromatic carbocycles. The summed E-state index contributed by atoms with van der Waals surface area (Å²) in [4.78, 5) is 22.0. The van der Waals surface area contributed by atoms with Crippen LogP contribution in [0.15, 0.2) is 12.1 Å². The lowest BCUT2D eigenvalue weighted by Crippen LogP contribution is -2.32. The van der Waals surface area contributed by atoms with Crippen molar-refractivity contribution in [1.82, 2.24) is 5.32 Å². The minimum Gasteiger partial charge on any atom is -0.478 e. The van der Waals surface area contributed by atoms with E-state index in [1.165, 1.54) is 0 Å². The Morgan fingerprint density at radius 1 is 1.26 bits per heavy atom. The molecule has 7 heteroatoms. The summed E-state index contributed by atoms with van der Waals surface area (Å²) in [5.41, 5.74) is -1.60. The second-order valence-electron chi connectivity index (χ2n) is 5.60. The molecule has 0 radical (unpaired) electrons. The summed E-state index contributed by atoms with van der Waals surface area (Å²) in [5.74, 6) is 1.42. The maximum atomic E-state index is 13.6. The van der Waals surface area contributed by atoms with Gasteiger partial charge in [-0.1, -0.05) is 11.8 Å². The SMILES string of the molecule is CC(C)(C)OC(=O)NCCC#Cc1cc(F)c(C(=O)O)cc1F. The highest BCUT2D eigenvalue weighted by Gasteiger charge is 2.15. The Labute approximate surface area is 132 Å². The van der Waals surface area contributed by atoms with Crippen molar-refractivity contribution >= 4 is 12.1 Å². The first-order valence-electron chi connectivity index (χ1n) is 6.78. The predicted molar refractivity (Wildman–Crippen MR) is 79.0 cm³/mol. The Kier molecular flexibility index (Phi) is 6.08. The first-order chi connectivity index (χ1) is 10.6. The standard InChI is InChI=1S/C16H17F2NO4/c1-16(2,3)23-15(22)19-7-5-4-6-10-8-13(18)11(14(20)21)9-12(10)17/h8-9H,5,7H2,1-3H3,(H,19,22)(H,20,21). The molecule has 0 fully saturated rings. The van der Waals surface area contributed by atoms with Gasteiger partial charge in [0.15, 0.2) is 0 Å². The van der Waals surface area contributed by atoms with Gasteiger partial charge in [0.05, 0.1) is 11.1 Å². The summed E-state index contributed by atoms with van der Waals surface area (Å²) in [6.07, 6.45) is -0.400. The largest absolute Gasteiger partial charge is 0.478 e. The van der Waals surface area contributed by atoms with E-state index in [9.17, 15) is 18.4 Å². The number of carboxylic acids is 1. The number of carboxylic acid groups (broad SMARTS) is 1. The van der Waals surface area contributed by atoms with Gasteiger partial charge in [0.25, 0.3) is 0 Å². The average molecular weight is 325 g/mol. The molecule has 0 saturated heterocycles. The highest BCUT2D eigenvalue weighted by molar-refractivity contribution is 5.88. The smallest absolute Gasteiger partial charge is 0.407 e. The van der Waals surface area contributed by atoms with E-state index in [1.54, 1.807) is 20.8 Å². The molecule has 0 spiro atoms. The second-order valence-corrected chi connectivity index (χ2v) is 5.60. The number of hydrogen-bond donors (Lipinski definition) is 2. The molecule has 0 aliphatic rings. The molecule has 0 atom stereocenters. The number of amides is 1. The normalized spacial score (nSPS) is 10.5. The fourth-order valence-corrected chi connectivity index (χ4v) is 1.51. The van der Waals surface area contributed by atoms with Crippen LogP contribution in [0.1, 0.15) is 43.1 Å². The van der Waals surface area contributed by atoms with Gasteiger partial charge in [-0.3, -0.25) is 0 Å². The molecule has 1 aromatic rings. The maximum Gasteiger partial charge on any atom is 0.407 e. The van der Waals surface area contributed by atoms with Crippen molar-refractivity contribution in [1.29, 1.82) is 0 Å². The third kappa shape index (κ3) is 6.34. The van der Waals surface area contributed by atoms with Crippen LogP contribution in [0.5, 0.6) is 0 Å². The van der Waals surface area contributed by atoms with Crippen LogP contribution in [0.4, 0.5) is 13.6 Å². The lowest BCUT2D eigenvalue weighted by Gasteiger charge is -2.19. The summed E-state index contributed by atoms with van der Waals surface area (Å²) >= 11 is 0. The monoisotopic (exact) mass is 325 g/mol. The van der Waals surface area contributed by atoms with E-state index in [4.69, 9.17) is 9.84 Å². The predicted octanol–water partition coefficient (Wildman–Crippen LogP) is 2.93. The van der Waals surface area contributed by atoms with Crippen molar-refractivity contribution in [3.63, 3.8) is 0 Å². The van der Waals surface area contributed by atoms with Gasteiger partial charge in [-0.05, 0) is 32.9 Å². The van der Waals surface area contributed by atoms with Crippen LogP contribution >= 0.6 is 0 Å². The number of carbonyl (C=O) groups excluding carboxylic acids is 1. The zero-order chi connectivity index (χ0) is 17.6. The van der Waals surface area contributed by atoms with Crippen molar-refractivity contribution in [2.75, 3.05) is 6.54 Å². The van der Waals surface area contributed by atoms with Crippen LogP contribution in [0.3, 0.4) is 0 Å². The number of ether oxygens (including phenoxy) is 1. The average Bonchev–Trinajstić information content (AvgIpc) is 2.39. The van der Waals surface area contributed by atoms with E-state index in [2.05, 4.69) is 17.2 Å². The molecule has 0 heterocycles. The van der Waals surface area contributed by atoms with E-state index in [1.807, 2.05) is 0 Å². The summed E-state index contributed by atoms with van der Waals surface area (Å²) in [6, 6.07) is 1.31. The van der Waals surface area contributed by atoms with Gasteiger partial charge < -0.3 is 15.2 Å². The molecule has 0 aliphatic carbocycles. The molecule has 0 aliphatic heterocycles. The maximum absolute atomic E-state index is 13.6.